The Kier molecular flexibility index (Phi) is 4.05. The second kappa shape index (κ2) is 5.34. The number of thioether (sulfide) groups is 1. The molecule has 88 valence electrons. The van der Waals surface area contributed by atoms with E-state index in [-0.39, 0.29) is 0 Å². The van der Waals surface area contributed by atoms with Crippen molar-refractivity contribution in [3.63, 3.8) is 0 Å². The molecule has 1 saturated heterocycles. The zero-order valence-electron chi connectivity index (χ0n) is 9.56. The largest absolute Gasteiger partial charge is 0.293 e. The quantitative estimate of drug-likeness (QED) is 0.814. The minimum atomic E-state index is 0.458. The summed E-state index contributed by atoms with van der Waals surface area (Å²) in [4.78, 5) is 10.8. The van der Waals surface area contributed by atoms with E-state index in [0.717, 1.165) is 18.8 Å². The summed E-state index contributed by atoms with van der Waals surface area (Å²) in [6.45, 7) is 6.56. The molecule has 2 rings (SSSR count). The topological polar surface area (TPSA) is 29.0 Å². The Morgan fingerprint density at radius 1 is 1.44 bits per heavy atom. The summed E-state index contributed by atoms with van der Waals surface area (Å²) in [6, 6.07) is 0.594. The van der Waals surface area contributed by atoms with Crippen LogP contribution in [-0.4, -0.2) is 38.5 Å². The van der Waals surface area contributed by atoms with E-state index in [9.17, 15) is 0 Å². The van der Waals surface area contributed by atoms with Gasteiger partial charge in [-0.15, -0.1) is 0 Å². The van der Waals surface area contributed by atoms with E-state index in [4.69, 9.17) is 11.6 Å². The molecule has 1 aromatic rings. The molecule has 0 spiro atoms. The lowest BCUT2D eigenvalue weighted by atomic mass is 10.2. The molecule has 2 unspecified atom stereocenters. The van der Waals surface area contributed by atoms with Crippen molar-refractivity contribution in [2.75, 3.05) is 12.3 Å². The van der Waals surface area contributed by atoms with Crippen molar-refractivity contribution in [2.45, 2.75) is 31.7 Å². The first-order valence-corrected chi connectivity index (χ1v) is 6.91. The second-order valence-corrected chi connectivity index (χ2v) is 5.99. The van der Waals surface area contributed by atoms with Crippen LogP contribution in [0.1, 0.15) is 19.5 Å². The van der Waals surface area contributed by atoms with E-state index in [1.165, 1.54) is 5.75 Å². The normalized spacial score (nSPS) is 26.9. The average Bonchev–Trinajstić information content (AvgIpc) is 2.28. The summed E-state index contributed by atoms with van der Waals surface area (Å²) in [5, 5.41) is 1.15. The Balaban J connectivity index is 2.00. The van der Waals surface area contributed by atoms with Gasteiger partial charge in [-0.25, -0.2) is 4.98 Å². The van der Waals surface area contributed by atoms with E-state index in [1.807, 2.05) is 11.8 Å². The van der Waals surface area contributed by atoms with Crippen LogP contribution in [0, 0.1) is 0 Å². The fourth-order valence-electron chi connectivity index (χ4n) is 1.85. The monoisotopic (exact) mass is 257 g/mol. The zero-order valence-corrected chi connectivity index (χ0v) is 11.1. The Labute approximate surface area is 106 Å². The molecule has 0 radical (unpaired) electrons. The zero-order chi connectivity index (χ0) is 11.5. The van der Waals surface area contributed by atoms with Crippen molar-refractivity contribution in [2.24, 2.45) is 0 Å². The van der Waals surface area contributed by atoms with Crippen molar-refractivity contribution >= 4 is 23.4 Å². The molecule has 0 aromatic carbocycles. The lowest BCUT2D eigenvalue weighted by Crippen LogP contribution is -2.44. The molecular formula is C11H16ClN3S. The first kappa shape index (κ1) is 12.1. The SMILES string of the molecule is CC1SCCN(Cc2cnc(Cl)cn2)C1C. The molecule has 1 aromatic heterocycles. The first-order valence-electron chi connectivity index (χ1n) is 5.49. The minimum Gasteiger partial charge on any atom is -0.293 e. The third-order valence-corrected chi connectivity index (χ3v) is 4.59. The fraction of sp³-hybridized carbons (Fsp3) is 0.636. The van der Waals surface area contributed by atoms with Gasteiger partial charge >= 0.3 is 0 Å². The summed E-state index contributed by atoms with van der Waals surface area (Å²) < 4.78 is 0. The number of hydrogen-bond donors (Lipinski definition) is 0. The molecule has 16 heavy (non-hydrogen) atoms. The maximum atomic E-state index is 5.72. The van der Waals surface area contributed by atoms with Crippen LogP contribution in [0.2, 0.25) is 5.15 Å². The molecule has 1 fully saturated rings. The van der Waals surface area contributed by atoms with Gasteiger partial charge in [-0.3, -0.25) is 9.88 Å². The summed E-state index contributed by atoms with van der Waals surface area (Å²) in [7, 11) is 0. The minimum absolute atomic E-state index is 0.458. The van der Waals surface area contributed by atoms with E-state index in [2.05, 4.69) is 28.7 Å². The second-order valence-electron chi connectivity index (χ2n) is 4.12. The van der Waals surface area contributed by atoms with Crippen LogP contribution in [0.5, 0.6) is 0 Å². The standard InChI is InChI=1S/C11H16ClN3S/c1-8-9(2)16-4-3-15(8)7-10-5-14-11(12)6-13-10/h5-6,8-9H,3-4,7H2,1-2H3. The summed E-state index contributed by atoms with van der Waals surface area (Å²) in [6.07, 6.45) is 3.38. The van der Waals surface area contributed by atoms with Crippen LogP contribution in [0.15, 0.2) is 12.4 Å². The number of aromatic nitrogens is 2. The highest BCUT2D eigenvalue weighted by molar-refractivity contribution is 8.00. The number of nitrogens with zero attached hydrogens (tertiary/aromatic N) is 3. The van der Waals surface area contributed by atoms with Crippen molar-refractivity contribution < 1.29 is 0 Å². The molecule has 0 aliphatic carbocycles. The molecule has 2 atom stereocenters. The molecule has 3 nitrogen and oxygen atoms in total. The van der Waals surface area contributed by atoms with Crippen LogP contribution < -0.4 is 0 Å². The molecule has 0 bridgehead atoms. The highest BCUT2D eigenvalue weighted by Crippen LogP contribution is 2.25. The molecule has 0 N–H and O–H groups in total. The Morgan fingerprint density at radius 3 is 2.94 bits per heavy atom. The van der Waals surface area contributed by atoms with Crippen LogP contribution in [0.25, 0.3) is 0 Å². The van der Waals surface area contributed by atoms with E-state index in [1.54, 1.807) is 12.4 Å². The van der Waals surface area contributed by atoms with Crippen LogP contribution in [-0.2, 0) is 6.54 Å². The van der Waals surface area contributed by atoms with Crippen LogP contribution in [0.3, 0.4) is 0 Å². The Bertz CT molecular complexity index is 344. The highest BCUT2D eigenvalue weighted by Gasteiger charge is 2.25. The predicted molar refractivity (Wildman–Crippen MR) is 68.8 cm³/mol. The lowest BCUT2D eigenvalue weighted by Gasteiger charge is -2.37. The van der Waals surface area contributed by atoms with Gasteiger partial charge in [-0.05, 0) is 6.92 Å². The Hall–Kier alpha value is -0.320. The summed E-state index contributed by atoms with van der Waals surface area (Å²) in [5.41, 5.74) is 0.996. The van der Waals surface area contributed by atoms with Crippen LogP contribution in [0.4, 0.5) is 0 Å². The molecule has 2 heterocycles. The van der Waals surface area contributed by atoms with Gasteiger partial charge in [0.2, 0.25) is 0 Å². The summed E-state index contributed by atoms with van der Waals surface area (Å²) in [5.74, 6) is 1.20. The van der Waals surface area contributed by atoms with Gasteiger partial charge in [0.15, 0.2) is 0 Å². The van der Waals surface area contributed by atoms with Gasteiger partial charge in [0.1, 0.15) is 5.15 Å². The van der Waals surface area contributed by atoms with Crippen molar-refractivity contribution in [3.05, 3.63) is 23.2 Å². The van der Waals surface area contributed by atoms with Crippen molar-refractivity contribution in [3.8, 4) is 0 Å². The van der Waals surface area contributed by atoms with E-state index >= 15 is 0 Å². The van der Waals surface area contributed by atoms with Gasteiger partial charge in [-0.2, -0.15) is 11.8 Å². The molecule has 0 saturated carbocycles. The number of rotatable bonds is 2. The smallest absolute Gasteiger partial charge is 0.147 e. The fourth-order valence-corrected chi connectivity index (χ4v) is 3.11. The van der Waals surface area contributed by atoms with Gasteiger partial charge in [0, 0.05) is 30.1 Å². The van der Waals surface area contributed by atoms with Gasteiger partial charge in [0.25, 0.3) is 0 Å². The van der Waals surface area contributed by atoms with Crippen molar-refractivity contribution in [1.29, 1.82) is 0 Å². The van der Waals surface area contributed by atoms with Crippen molar-refractivity contribution in [1.82, 2.24) is 14.9 Å². The molecular weight excluding hydrogens is 242 g/mol. The van der Waals surface area contributed by atoms with E-state index < -0.39 is 0 Å². The number of hydrogen-bond acceptors (Lipinski definition) is 4. The van der Waals surface area contributed by atoms with E-state index in [0.29, 0.717) is 16.4 Å². The third kappa shape index (κ3) is 2.87. The number of halogens is 1. The molecule has 5 heteroatoms. The summed E-state index contributed by atoms with van der Waals surface area (Å²) >= 11 is 7.76. The lowest BCUT2D eigenvalue weighted by molar-refractivity contribution is 0.202. The maximum Gasteiger partial charge on any atom is 0.147 e. The van der Waals surface area contributed by atoms with Crippen LogP contribution >= 0.6 is 23.4 Å². The first-order chi connectivity index (χ1) is 7.66. The molecule has 0 amide bonds. The van der Waals surface area contributed by atoms with Gasteiger partial charge in [-0.1, -0.05) is 18.5 Å². The predicted octanol–water partition coefficient (Wildman–Crippen LogP) is 2.46. The van der Waals surface area contributed by atoms with Gasteiger partial charge < -0.3 is 0 Å². The average molecular weight is 258 g/mol. The van der Waals surface area contributed by atoms with Gasteiger partial charge in [0.05, 0.1) is 18.1 Å². The maximum absolute atomic E-state index is 5.72. The third-order valence-electron chi connectivity index (χ3n) is 3.05. The molecule has 1 aliphatic heterocycles. The Morgan fingerprint density at radius 2 is 2.25 bits per heavy atom. The molecule has 1 aliphatic rings. The highest BCUT2D eigenvalue weighted by atomic mass is 35.5.